The second kappa shape index (κ2) is 7.70. The Morgan fingerprint density at radius 1 is 1.04 bits per heavy atom. The van der Waals surface area contributed by atoms with Crippen LogP contribution in [0.15, 0.2) is 60.0 Å². The lowest BCUT2D eigenvalue weighted by molar-refractivity contribution is 0.0951. The largest absolute Gasteiger partial charge is 0.371 e. The molecule has 0 aliphatic carbocycles. The lowest BCUT2D eigenvalue weighted by Crippen LogP contribution is -2.27. The molecule has 4 nitrogen and oxygen atoms in total. The number of anilines is 1. The number of amides is 1. The van der Waals surface area contributed by atoms with Crippen molar-refractivity contribution in [3.05, 3.63) is 71.2 Å². The smallest absolute Gasteiger partial charge is 0.253 e. The molecule has 2 aromatic carbocycles. The van der Waals surface area contributed by atoms with Gasteiger partial charge >= 0.3 is 0 Å². The quantitative estimate of drug-likeness (QED) is 0.733. The maximum absolute atomic E-state index is 12.7. The minimum absolute atomic E-state index is 0.0400. The Bertz CT molecular complexity index is 885. The molecule has 0 saturated carbocycles. The van der Waals surface area contributed by atoms with Gasteiger partial charge in [-0.3, -0.25) is 4.79 Å². The summed E-state index contributed by atoms with van der Waals surface area (Å²) >= 11 is 1.60. The highest BCUT2D eigenvalue weighted by Crippen LogP contribution is 2.25. The fourth-order valence-corrected chi connectivity index (χ4v) is 4.09. The van der Waals surface area contributed by atoms with Gasteiger partial charge in [0.05, 0.1) is 17.8 Å². The van der Waals surface area contributed by atoms with Crippen LogP contribution in [0.25, 0.3) is 10.6 Å². The molecule has 2 heterocycles. The summed E-state index contributed by atoms with van der Waals surface area (Å²) in [6, 6.07) is 18.0. The molecule has 1 saturated heterocycles. The minimum Gasteiger partial charge on any atom is -0.371 e. The predicted octanol–water partition coefficient (Wildman–Crippen LogP) is 4.34. The van der Waals surface area contributed by atoms with Gasteiger partial charge in [0.25, 0.3) is 5.91 Å². The molecule has 0 atom stereocenters. The first-order valence-electron chi connectivity index (χ1n) is 8.93. The summed E-state index contributed by atoms with van der Waals surface area (Å²) in [4.78, 5) is 19.6. The highest BCUT2D eigenvalue weighted by molar-refractivity contribution is 7.13. The van der Waals surface area contributed by atoms with Crippen LogP contribution < -0.4 is 10.2 Å². The van der Waals surface area contributed by atoms with Crippen molar-refractivity contribution in [1.29, 1.82) is 0 Å². The molecule has 0 bridgehead atoms. The van der Waals surface area contributed by atoms with E-state index in [-0.39, 0.29) is 5.91 Å². The van der Waals surface area contributed by atoms with E-state index in [1.807, 2.05) is 60.0 Å². The lowest BCUT2D eigenvalue weighted by Gasteiger charge is -2.20. The fraction of sp³-hybridized carbons (Fsp3) is 0.238. The van der Waals surface area contributed by atoms with Crippen molar-refractivity contribution in [1.82, 2.24) is 10.3 Å². The third-order valence-electron chi connectivity index (χ3n) is 4.60. The first-order chi connectivity index (χ1) is 12.8. The Balaban J connectivity index is 1.44. The Morgan fingerprint density at radius 2 is 1.77 bits per heavy atom. The second-order valence-electron chi connectivity index (χ2n) is 6.40. The van der Waals surface area contributed by atoms with Crippen molar-refractivity contribution < 1.29 is 4.79 Å². The van der Waals surface area contributed by atoms with Gasteiger partial charge in [-0.1, -0.05) is 42.5 Å². The zero-order valence-electron chi connectivity index (χ0n) is 14.5. The van der Waals surface area contributed by atoms with Gasteiger partial charge in [-0.2, -0.15) is 0 Å². The van der Waals surface area contributed by atoms with E-state index >= 15 is 0 Å². The van der Waals surface area contributed by atoms with Crippen LogP contribution >= 0.6 is 11.3 Å². The van der Waals surface area contributed by atoms with E-state index in [9.17, 15) is 4.79 Å². The van der Waals surface area contributed by atoms with Crippen LogP contribution in [0.5, 0.6) is 0 Å². The number of rotatable bonds is 5. The fourth-order valence-electron chi connectivity index (χ4n) is 3.27. The van der Waals surface area contributed by atoms with E-state index in [4.69, 9.17) is 0 Å². The molecule has 0 unspecified atom stereocenters. The number of para-hydroxylation sites is 1. The van der Waals surface area contributed by atoms with Gasteiger partial charge < -0.3 is 10.2 Å². The molecule has 1 N–H and O–H groups in total. The molecule has 132 valence electrons. The van der Waals surface area contributed by atoms with Crippen molar-refractivity contribution in [2.75, 3.05) is 18.0 Å². The topological polar surface area (TPSA) is 45.2 Å². The number of hydrogen-bond acceptors (Lipinski definition) is 4. The standard InChI is InChI=1S/C21H21N3OS/c25-20(18-10-4-5-11-19(18)24-12-6-7-13-24)22-14-17-15-26-21(23-17)16-8-2-1-3-9-16/h1-5,8-11,15H,6-7,12-14H2,(H,22,25). The molecule has 4 rings (SSSR count). The molecule has 0 spiro atoms. The molecule has 1 aliphatic heterocycles. The summed E-state index contributed by atoms with van der Waals surface area (Å²) < 4.78 is 0. The first-order valence-corrected chi connectivity index (χ1v) is 9.81. The Kier molecular flexibility index (Phi) is 4.97. The van der Waals surface area contributed by atoms with Crippen LogP contribution in [0.3, 0.4) is 0 Å². The van der Waals surface area contributed by atoms with Gasteiger partial charge in [0.1, 0.15) is 5.01 Å². The maximum atomic E-state index is 12.7. The Hall–Kier alpha value is -2.66. The molecule has 0 radical (unpaired) electrons. The first kappa shape index (κ1) is 16.8. The number of hydrogen-bond donors (Lipinski definition) is 1. The number of nitrogens with one attached hydrogen (secondary N) is 1. The molecule has 1 amide bonds. The van der Waals surface area contributed by atoms with Crippen molar-refractivity contribution in [2.45, 2.75) is 19.4 Å². The third-order valence-corrected chi connectivity index (χ3v) is 5.54. The van der Waals surface area contributed by atoms with E-state index in [0.29, 0.717) is 6.54 Å². The van der Waals surface area contributed by atoms with E-state index in [0.717, 1.165) is 40.6 Å². The van der Waals surface area contributed by atoms with Gasteiger partial charge in [0, 0.05) is 29.7 Å². The summed E-state index contributed by atoms with van der Waals surface area (Å²) in [6.07, 6.45) is 2.38. The normalized spacial score (nSPS) is 13.8. The molecule has 1 fully saturated rings. The zero-order chi connectivity index (χ0) is 17.8. The third kappa shape index (κ3) is 3.63. The van der Waals surface area contributed by atoms with Gasteiger partial charge in [0.2, 0.25) is 0 Å². The van der Waals surface area contributed by atoms with Gasteiger partial charge in [-0.05, 0) is 25.0 Å². The monoisotopic (exact) mass is 363 g/mol. The molecule has 5 heteroatoms. The van der Waals surface area contributed by atoms with E-state index in [1.54, 1.807) is 11.3 Å². The van der Waals surface area contributed by atoms with Crippen molar-refractivity contribution in [3.63, 3.8) is 0 Å². The summed E-state index contributed by atoms with van der Waals surface area (Å²) in [5, 5.41) is 6.01. The van der Waals surface area contributed by atoms with Gasteiger partial charge in [0.15, 0.2) is 0 Å². The molecule has 3 aromatic rings. The number of nitrogens with zero attached hydrogens (tertiary/aromatic N) is 2. The number of aromatic nitrogens is 1. The maximum Gasteiger partial charge on any atom is 0.253 e. The summed E-state index contributed by atoms with van der Waals surface area (Å²) in [5.41, 5.74) is 3.77. The Morgan fingerprint density at radius 3 is 2.58 bits per heavy atom. The van der Waals surface area contributed by atoms with Crippen LogP contribution in [-0.2, 0) is 6.54 Å². The van der Waals surface area contributed by atoms with Crippen LogP contribution in [0.1, 0.15) is 28.9 Å². The summed E-state index contributed by atoms with van der Waals surface area (Å²) in [5.74, 6) is -0.0400. The molecular formula is C21H21N3OS. The predicted molar refractivity (Wildman–Crippen MR) is 107 cm³/mol. The van der Waals surface area contributed by atoms with Crippen molar-refractivity contribution >= 4 is 22.9 Å². The summed E-state index contributed by atoms with van der Waals surface area (Å²) in [7, 11) is 0. The average molecular weight is 363 g/mol. The number of benzene rings is 2. The van der Waals surface area contributed by atoms with E-state index < -0.39 is 0 Å². The van der Waals surface area contributed by atoms with Crippen molar-refractivity contribution in [2.24, 2.45) is 0 Å². The number of thiazole rings is 1. The van der Waals surface area contributed by atoms with Crippen LogP contribution in [0.4, 0.5) is 5.69 Å². The van der Waals surface area contributed by atoms with Gasteiger partial charge in [-0.15, -0.1) is 11.3 Å². The second-order valence-corrected chi connectivity index (χ2v) is 7.26. The number of carbonyl (C=O) groups excluding carboxylic acids is 1. The minimum atomic E-state index is -0.0400. The lowest BCUT2D eigenvalue weighted by atomic mass is 10.1. The van der Waals surface area contributed by atoms with Crippen LogP contribution in [-0.4, -0.2) is 24.0 Å². The highest BCUT2D eigenvalue weighted by Gasteiger charge is 2.19. The van der Waals surface area contributed by atoms with Crippen LogP contribution in [0, 0.1) is 0 Å². The molecular weight excluding hydrogens is 342 g/mol. The SMILES string of the molecule is O=C(NCc1csc(-c2ccccc2)n1)c1ccccc1N1CCCC1. The molecule has 1 aliphatic rings. The van der Waals surface area contributed by atoms with E-state index in [1.165, 1.54) is 12.8 Å². The summed E-state index contributed by atoms with van der Waals surface area (Å²) in [6.45, 7) is 2.49. The zero-order valence-corrected chi connectivity index (χ0v) is 15.3. The van der Waals surface area contributed by atoms with Gasteiger partial charge in [-0.25, -0.2) is 4.98 Å². The van der Waals surface area contributed by atoms with E-state index in [2.05, 4.69) is 15.2 Å². The molecule has 1 aromatic heterocycles. The van der Waals surface area contributed by atoms with Crippen molar-refractivity contribution in [3.8, 4) is 10.6 Å². The average Bonchev–Trinajstić information content (AvgIpc) is 3.39. The Labute approximate surface area is 157 Å². The highest BCUT2D eigenvalue weighted by atomic mass is 32.1. The number of carbonyl (C=O) groups is 1. The molecule has 26 heavy (non-hydrogen) atoms. The van der Waals surface area contributed by atoms with Crippen LogP contribution in [0.2, 0.25) is 0 Å².